The zero-order valence-corrected chi connectivity index (χ0v) is 18.0. The Morgan fingerprint density at radius 3 is 2.34 bits per heavy atom. The van der Waals surface area contributed by atoms with Gasteiger partial charge < -0.3 is 19.1 Å². The molecular weight excluding hydrogens is 420 g/mol. The molecule has 1 atom stereocenters. The van der Waals surface area contributed by atoms with Crippen LogP contribution < -0.4 is 14.4 Å². The molecule has 168 valence electrons. The molecule has 32 heavy (non-hydrogen) atoms. The van der Waals surface area contributed by atoms with Crippen LogP contribution >= 0.6 is 0 Å². The third-order valence-corrected chi connectivity index (χ3v) is 5.21. The first-order valence-electron chi connectivity index (χ1n) is 9.74. The summed E-state index contributed by atoms with van der Waals surface area (Å²) in [5.74, 6) is -1.40. The molecule has 0 bridgehead atoms. The smallest absolute Gasteiger partial charge is 0.346 e. The van der Waals surface area contributed by atoms with Crippen LogP contribution in [-0.2, 0) is 16.0 Å². The van der Waals surface area contributed by atoms with Crippen LogP contribution in [0.3, 0.4) is 0 Å². The molecule has 0 unspecified atom stereocenters. The highest BCUT2D eigenvalue weighted by Gasteiger charge is 2.29. The summed E-state index contributed by atoms with van der Waals surface area (Å²) in [7, 11) is 2.64. The van der Waals surface area contributed by atoms with E-state index in [1.807, 2.05) is 0 Å². The van der Waals surface area contributed by atoms with Crippen molar-refractivity contribution in [1.29, 1.82) is 0 Å². The number of esters is 1. The van der Waals surface area contributed by atoms with Crippen molar-refractivity contribution in [2.24, 2.45) is 0 Å². The molecule has 10 heteroatoms. The van der Waals surface area contributed by atoms with E-state index in [-0.39, 0.29) is 23.0 Å². The number of hydrogen-bond donors (Lipinski definition) is 0. The predicted molar refractivity (Wildman–Crippen MR) is 114 cm³/mol. The van der Waals surface area contributed by atoms with Gasteiger partial charge in [0.05, 0.1) is 25.2 Å². The molecule has 0 saturated heterocycles. The maximum Gasteiger partial charge on any atom is 0.346 e. The molecule has 0 fully saturated rings. The molecule has 1 heterocycles. The third-order valence-electron chi connectivity index (χ3n) is 5.21. The number of Topliss-reactive ketones (excluding diaryl/α,β-unsaturated/α-hetero) is 1. The maximum atomic E-state index is 12.8. The molecule has 0 N–H and O–H groups in total. The highest BCUT2D eigenvalue weighted by molar-refractivity contribution is 6.03. The maximum absolute atomic E-state index is 12.8. The number of nitro benzene ring substituents is 1. The van der Waals surface area contributed by atoms with Crippen molar-refractivity contribution in [3.8, 4) is 11.5 Å². The van der Waals surface area contributed by atoms with Gasteiger partial charge in [0.2, 0.25) is 11.7 Å². The number of anilines is 1. The van der Waals surface area contributed by atoms with Crippen LogP contribution in [-0.4, -0.2) is 49.5 Å². The monoisotopic (exact) mass is 442 g/mol. The van der Waals surface area contributed by atoms with E-state index in [2.05, 4.69) is 0 Å². The van der Waals surface area contributed by atoms with Crippen molar-refractivity contribution in [1.82, 2.24) is 0 Å². The molecular formula is C22H22N2O8. The van der Waals surface area contributed by atoms with Gasteiger partial charge in [-0.25, -0.2) is 4.79 Å². The normalized spacial score (nSPS) is 13.2. The number of carbonyl (C=O) groups is 3. The molecule has 10 nitrogen and oxygen atoms in total. The van der Waals surface area contributed by atoms with Gasteiger partial charge >= 0.3 is 5.97 Å². The summed E-state index contributed by atoms with van der Waals surface area (Å²) >= 11 is 0. The van der Waals surface area contributed by atoms with Crippen LogP contribution in [0, 0.1) is 10.1 Å². The van der Waals surface area contributed by atoms with Gasteiger partial charge in [-0.3, -0.25) is 19.7 Å². The zero-order chi connectivity index (χ0) is 23.6. The lowest BCUT2D eigenvalue weighted by Gasteiger charge is -2.16. The van der Waals surface area contributed by atoms with Gasteiger partial charge in [0, 0.05) is 30.8 Å². The summed E-state index contributed by atoms with van der Waals surface area (Å²) in [5, 5.41) is 11.4. The van der Waals surface area contributed by atoms with E-state index in [0.29, 0.717) is 18.5 Å². The summed E-state index contributed by atoms with van der Waals surface area (Å²) in [5.41, 5.74) is 1.02. The molecule has 0 aliphatic carbocycles. The van der Waals surface area contributed by atoms with Crippen LogP contribution in [0.15, 0.2) is 30.3 Å². The minimum Gasteiger partial charge on any atom is -0.493 e. The third kappa shape index (κ3) is 4.25. The fourth-order valence-electron chi connectivity index (χ4n) is 3.58. The molecule has 2 aromatic rings. The first-order valence-corrected chi connectivity index (χ1v) is 9.74. The zero-order valence-electron chi connectivity index (χ0n) is 18.0. The van der Waals surface area contributed by atoms with Gasteiger partial charge in [-0.2, -0.15) is 0 Å². The summed E-state index contributed by atoms with van der Waals surface area (Å²) in [6.45, 7) is 3.40. The average Bonchev–Trinajstić information content (AvgIpc) is 3.20. The van der Waals surface area contributed by atoms with E-state index < -0.39 is 28.5 Å². The van der Waals surface area contributed by atoms with Gasteiger partial charge in [0.15, 0.2) is 17.6 Å². The van der Waals surface area contributed by atoms with Gasteiger partial charge in [0.1, 0.15) is 5.56 Å². The average molecular weight is 442 g/mol. The number of rotatable bonds is 7. The Kier molecular flexibility index (Phi) is 6.42. The van der Waals surface area contributed by atoms with Crippen molar-refractivity contribution in [2.75, 3.05) is 25.7 Å². The Balaban J connectivity index is 1.83. The van der Waals surface area contributed by atoms with E-state index in [4.69, 9.17) is 14.2 Å². The van der Waals surface area contributed by atoms with E-state index in [0.717, 1.165) is 23.4 Å². The van der Waals surface area contributed by atoms with Crippen LogP contribution in [0.2, 0.25) is 0 Å². The molecule has 0 radical (unpaired) electrons. The van der Waals surface area contributed by atoms with Crippen molar-refractivity contribution in [2.45, 2.75) is 26.4 Å². The summed E-state index contributed by atoms with van der Waals surface area (Å²) < 4.78 is 15.4. The number of ketones is 1. The highest BCUT2D eigenvalue weighted by atomic mass is 16.6. The Bertz CT molecular complexity index is 1110. The van der Waals surface area contributed by atoms with Crippen LogP contribution in [0.4, 0.5) is 11.4 Å². The molecule has 2 aromatic carbocycles. The number of hydrogen-bond acceptors (Lipinski definition) is 8. The second kappa shape index (κ2) is 9.04. The lowest BCUT2D eigenvalue weighted by atomic mass is 10.0. The molecule has 0 spiro atoms. The molecule has 1 amide bonds. The van der Waals surface area contributed by atoms with Crippen LogP contribution in [0.5, 0.6) is 11.5 Å². The van der Waals surface area contributed by atoms with Gasteiger partial charge in [-0.1, -0.05) is 0 Å². The lowest BCUT2D eigenvalue weighted by molar-refractivity contribution is -0.385. The Hall–Kier alpha value is -3.95. The van der Waals surface area contributed by atoms with Crippen molar-refractivity contribution in [3.63, 3.8) is 0 Å². The second-order valence-electron chi connectivity index (χ2n) is 7.16. The van der Waals surface area contributed by atoms with Crippen molar-refractivity contribution < 1.29 is 33.5 Å². The number of amides is 1. The largest absolute Gasteiger partial charge is 0.493 e. The quantitative estimate of drug-likeness (QED) is 0.277. The summed E-state index contributed by atoms with van der Waals surface area (Å²) in [6, 6.07) is 7.12. The molecule has 3 rings (SSSR count). The minimum absolute atomic E-state index is 0.0811. The second-order valence-corrected chi connectivity index (χ2v) is 7.16. The number of nitro groups is 1. The van der Waals surface area contributed by atoms with E-state index in [1.165, 1.54) is 28.1 Å². The van der Waals surface area contributed by atoms with Gasteiger partial charge in [0.25, 0.3) is 5.69 Å². The number of carbonyl (C=O) groups excluding carboxylic acids is 3. The highest BCUT2D eigenvalue weighted by Crippen LogP contribution is 2.35. The van der Waals surface area contributed by atoms with Crippen LogP contribution in [0.25, 0.3) is 0 Å². The minimum atomic E-state index is -1.20. The fraction of sp³-hybridized carbons (Fsp3) is 0.318. The van der Waals surface area contributed by atoms with Gasteiger partial charge in [-0.05, 0) is 37.1 Å². The van der Waals surface area contributed by atoms with E-state index >= 15 is 0 Å². The number of ether oxygens (including phenoxy) is 3. The van der Waals surface area contributed by atoms with Crippen LogP contribution in [0.1, 0.15) is 40.1 Å². The number of nitrogens with zero attached hydrogens (tertiary/aromatic N) is 2. The van der Waals surface area contributed by atoms with E-state index in [9.17, 15) is 24.5 Å². The number of benzene rings is 2. The predicted octanol–water partition coefficient (Wildman–Crippen LogP) is 2.95. The topological polar surface area (TPSA) is 125 Å². The Morgan fingerprint density at radius 2 is 1.75 bits per heavy atom. The first-order chi connectivity index (χ1) is 15.2. The van der Waals surface area contributed by atoms with E-state index in [1.54, 1.807) is 23.1 Å². The number of methoxy groups -OCH3 is 2. The standard InChI is InChI=1S/C22H22N2O8/c1-12(21(26)15-5-6-17-14(9-15)7-8-23(17)13(2)25)32-22(27)16-10-19(30-3)20(31-4)11-18(16)24(28)29/h5-6,9-12H,7-8H2,1-4H3/t12-/m1/s1. The lowest BCUT2D eigenvalue weighted by Crippen LogP contribution is -2.26. The Labute approximate surface area is 183 Å². The Morgan fingerprint density at radius 1 is 1.09 bits per heavy atom. The summed E-state index contributed by atoms with van der Waals surface area (Å²) in [6.07, 6.45) is -0.583. The van der Waals surface area contributed by atoms with Crippen molar-refractivity contribution in [3.05, 3.63) is 57.1 Å². The summed E-state index contributed by atoms with van der Waals surface area (Å²) in [4.78, 5) is 49.5. The molecule has 0 saturated carbocycles. The SMILES string of the molecule is COc1cc(C(=O)O[C@H](C)C(=O)c2ccc3c(c2)CCN3C(C)=O)c([N+](=O)[O-])cc1OC. The fourth-order valence-corrected chi connectivity index (χ4v) is 3.58. The molecule has 0 aromatic heterocycles. The molecule has 1 aliphatic rings. The van der Waals surface area contributed by atoms with Gasteiger partial charge in [-0.15, -0.1) is 0 Å². The molecule has 1 aliphatic heterocycles. The van der Waals surface area contributed by atoms with Crippen molar-refractivity contribution >= 4 is 29.0 Å². The number of fused-ring (bicyclic) bond motifs is 1. The first kappa shape index (κ1) is 22.7.